The van der Waals surface area contributed by atoms with Crippen LogP contribution in [0.5, 0.6) is 5.75 Å². The van der Waals surface area contributed by atoms with Crippen molar-refractivity contribution in [3.8, 4) is 5.75 Å². The maximum Gasteiger partial charge on any atom is 0.264 e. The number of hydrogen-bond acceptors (Lipinski definition) is 5. The van der Waals surface area contributed by atoms with Gasteiger partial charge in [-0.05, 0) is 86.5 Å². The number of rotatable bonds is 14. The number of hydrogen-bond donors (Lipinski definition) is 1. The van der Waals surface area contributed by atoms with Gasteiger partial charge in [-0.1, -0.05) is 42.6 Å². The van der Waals surface area contributed by atoms with E-state index in [0.29, 0.717) is 29.5 Å². The Morgan fingerprint density at radius 2 is 1.64 bits per heavy atom. The number of nitrogens with zero attached hydrogens (tertiary/aromatic N) is 2. The van der Waals surface area contributed by atoms with Crippen LogP contribution in [0.25, 0.3) is 0 Å². The van der Waals surface area contributed by atoms with Crippen molar-refractivity contribution in [3.63, 3.8) is 0 Å². The van der Waals surface area contributed by atoms with Crippen LogP contribution in [0.1, 0.15) is 39.2 Å². The molecule has 0 radical (unpaired) electrons. The molecule has 0 aliphatic carbocycles. The SMILES string of the molecule is CCCCNC(=O)[C@H](C)N(Cc1ccc(Cl)c(Cl)c1)C(=O)CN(c1ccc(OCC)cc1)S(=O)(=O)c1ccc(F)cc1. The minimum absolute atomic E-state index is 0.0359. The van der Waals surface area contributed by atoms with Gasteiger partial charge in [0, 0.05) is 13.1 Å². The lowest BCUT2D eigenvalue weighted by Gasteiger charge is -2.32. The lowest BCUT2D eigenvalue weighted by molar-refractivity contribution is -0.139. The average molecular weight is 639 g/mol. The third-order valence-electron chi connectivity index (χ3n) is 6.45. The second kappa shape index (κ2) is 15.2. The van der Waals surface area contributed by atoms with Gasteiger partial charge in [0.2, 0.25) is 11.8 Å². The van der Waals surface area contributed by atoms with Crippen molar-refractivity contribution in [2.24, 2.45) is 0 Å². The lowest BCUT2D eigenvalue weighted by Crippen LogP contribution is -2.51. The molecule has 1 atom stereocenters. The molecule has 0 aliphatic rings. The van der Waals surface area contributed by atoms with E-state index in [-0.39, 0.29) is 28.1 Å². The molecule has 42 heavy (non-hydrogen) atoms. The number of halogens is 3. The zero-order valence-electron chi connectivity index (χ0n) is 23.6. The third-order valence-corrected chi connectivity index (χ3v) is 8.98. The Morgan fingerprint density at radius 3 is 2.24 bits per heavy atom. The first-order valence-corrected chi connectivity index (χ1v) is 15.7. The number of nitrogens with one attached hydrogen (secondary N) is 1. The predicted octanol–water partition coefficient (Wildman–Crippen LogP) is 6.06. The average Bonchev–Trinajstić information content (AvgIpc) is 2.97. The highest BCUT2D eigenvalue weighted by molar-refractivity contribution is 7.92. The van der Waals surface area contributed by atoms with Gasteiger partial charge in [-0.3, -0.25) is 13.9 Å². The van der Waals surface area contributed by atoms with Gasteiger partial charge in [0.15, 0.2) is 0 Å². The summed E-state index contributed by atoms with van der Waals surface area (Å²) in [6.45, 7) is 5.56. The second-order valence-corrected chi connectivity index (χ2v) is 12.2. The molecule has 0 bridgehead atoms. The molecular weight excluding hydrogens is 604 g/mol. The molecule has 12 heteroatoms. The van der Waals surface area contributed by atoms with Crippen LogP contribution in [-0.4, -0.2) is 50.9 Å². The van der Waals surface area contributed by atoms with Gasteiger partial charge in [-0.2, -0.15) is 0 Å². The van der Waals surface area contributed by atoms with Crippen molar-refractivity contribution in [1.29, 1.82) is 0 Å². The van der Waals surface area contributed by atoms with E-state index in [1.165, 1.54) is 17.0 Å². The van der Waals surface area contributed by atoms with Crippen molar-refractivity contribution in [2.45, 2.75) is 51.1 Å². The first kappa shape index (κ1) is 33.2. The number of anilines is 1. The molecule has 0 aliphatic heterocycles. The van der Waals surface area contributed by atoms with Crippen LogP contribution < -0.4 is 14.4 Å². The fraction of sp³-hybridized carbons (Fsp3) is 0.333. The van der Waals surface area contributed by atoms with Crippen LogP contribution in [0.4, 0.5) is 10.1 Å². The molecule has 0 fully saturated rings. The minimum atomic E-state index is -4.33. The number of carbonyl (C=O) groups excluding carboxylic acids is 2. The lowest BCUT2D eigenvalue weighted by atomic mass is 10.1. The Hall–Kier alpha value is -3.34. The van der Waals surface area contributed by atoms with Gasteiger partial charge in [-0.15, -0.1) is 0 Å². The Balaban J connectivity index is 2.02. The van der Waals surface area contributed by atoms with E-state index in [1.807, 2.05) is 13.8 Å². The van der Waals surface area contributed by atoms with Gasteiger partial charge in [0.1, 0.15) is 24.2 Å². The summed E-state index contributed by atoms with van der Waals surface area (Å²) in [6.07, 6.45) is 1.64. The molecular formula is C30H34Cl2FN3O5S. The second-order valence-electron chi connectivity index (χ2n) is 9.48. The van der Waals surface area contributed by atoms with Crippen LogP contribution in [0.15, 0.2) is 71.6 Å². The molecule has 3 aromatic rings. The van der Waals surface area contributed by atoms with Crippen molar-refractivity contribution in [2.75, 3.05) is 24.0 Å². The minimum Gasteiger partial charge on any atom is -0.494 e. The molecule has 8 nitrogen and oxygen atoms in total. The number of benzene rings is 3. The topological polar surface area (TPSA) is 96.0 Å². The first-order valence-electron chi connectivity index (χ1n) is 13.5. The number of carbonyl (C=O) groups is 2. The highest BCUT2D eigenvalue weighted by Gasteiger charge is 2.32. The molecule has 0 heterocycles. The molecule has 0 spiro atoms. The fourth-order valence-corrected chi connectivity index (χ4v) is 5.83. The van der Waals surface area contributed by atoms with E-state index in [1.54, 1.807) is 37.3 Å². The number of sulfonamides is 1. The highest BCUT2D eigenvalue weighted by atomic mass is 35.5. The molecule has 0 saturated heterocycles. The van der Waals surface area contributed by atoms with Gasteiger partial charge < -0.3 is 15.0 Å². The van der Waals surface area contributed by atoms with E-state index in [4.69, 9.17) is 27.9 Å². The van der Waals surface area contributed by atoms with E-state index in [9.17, 15) is 22.4 Å². The molecule has 3 aromatic carbocycles. The monoisotopic (exact) mass is 637 g/mol. The maximum atomic E-state index is 14.0. The smallest absolute Gasteiger partial charge is 0.264 e. The van der Waals surface area contributed by atoms with E-state index in [2.05, 4.69) is 5.32 Å². The Morgan fingerprint density at radius 1 is 0.976 bits per heavy atom. The Bertz CT molecular complexity index is 1470. The summed E-state index contributed by atoms with van der Waals surface area (Å²) >= 11 is 12.3. The number of amides is 2. The molecule has 1 N–H and O–H groups in total. The normalized spacial score (nSPS) is 12.0. The molecule has 0 saturated carbocycles. The third kappa shape index (κ3) is 8.59. The Labute approximate surface area is 256 Å². The van der Waals surface area contributed by atoms with Gasteiger partial charge in [0.05, 0.1) is 27.2 Å². The summed E-state index contributed by atoms with van der Waals surface area (Å²) in [4.78, 5) is 28.1. The molecule has 0 unspecified atom stereocenters. The van der Waals surface area contributed by atoms with E-state index < -0.39 is 34.3 Å². The largest absolute Gasteiger partial charge is 0.494 e. The summed E-state index contributed by atoms with van der Waals surface area (Å²) in [5.74, 6) is -1.11. The van der Waals surface area contributed by atoms with E-state index >= 15 is 0 Å². The van der Waals surface area contributed by atoms with Crippen LogP contribution >= 0.6 is 23.2 Å². The fourth-order valence-electron chi connectivity index (χ4n) is 4.09. The van der Waals surface area contributed by atoms with Crippen molar-refractivity contribution in [1.82, 2.24) is 10.2 Å². The van der Waals surface area contributed by atoms with Gasteiger partial charge in [0.25, 0.3) is 10.0 Å². The summed E-state index contributed by atoms with van der Waals surface area (Å²) in [5, 5.41) is 3.43. The highest BCUT2D eigenvalue weighted by Crippen LogP contribution is 2.28. The summed E-state index contributed by atoms with van der Waals surface area (Å²) in [5.41, 5.74) is 0.783. The molecule has 0 aromatic heterocycles. The first-order chi connectivity index (χ1) is 20.0. The van der Waals surface area contributed by atoms with Crippen LogP contribution in [0.2, 0.25) is 10.0 Å². The van der Waals surface area contributed by atoms with Crippen LogP contribution in [0.3, 0.4) is 0 Å². The summed E-state index contributed by atoms with van der Waals surface area (Å²) in [7, 11) is -4.33. The molecule has 2 amide bonds. The zero-order valence-corrected chi connectivity index (χ0v) is 26.0. The molecule has 226 valence electrons. The Kier molecular flexibility index (Phi) is 12.0. The number of unbranched alkanes of at least 4 members (excludes halogenated alkanes) is 1. The quantitative estimate of drug-likeness (QED) is 0.217. The number of ether oxygens (including phenoxy) is 1. The van der Waals surface area contributed by atoms with Crippen molar-refractivity contribution < 1.29 is 27.1 Å². The van der Waals surface area contributed by atoms with Gasteiger partial charge in [-0.25, -0.2) is 12.8 Å². The zero-order chi connectivity index (χ0) is 30.9. The van der Waals surface area contributed by atoms with Crippen LogP contribution in [-0.2, 0) is 26.2 Å². The predicted molar refractivity (Wildman–Crippen MR) is 163 cm³/mol. The van der Waals surface area contributed by atoms with Crippen molar-refractivity contribution >= 4 is 50.7 Å². The van der Waals surface area contributed by atoms with Crippen LogP contribution in [0, 0.1) is 5.82 Å². The maximum absolute atomic E-state index is 14.0. The standard InChI is InChI=1S/C30H34Cl2FN3O5S/c1-4-6-17-34-30(38)21(3)35(19-22-7-16-27(31)28(32)18-22)29(37)20-36(24-10-12-25(13-11-24)41-5-2)42(39,40)26-14-8-23(33)9-15-26/h7-16,18,21H,4-6,17,19-20H2,1-3H3,(H,34,38)/t21-/m0/s1. The van der Waals surface area contributed by atoms with E-state index in [0.717, 1.165) is 41.4 Å². The summed E-state index contributed by atoms with van der Waals surface area (Å²) < 4.78 is 47.7. The van der Waals surface area contributed by atoms with Crippen molar-refractivity contribution in [3.05, 3.63) is 88.2 Å². The van der Waals surface area contributed by atoms with Gasteiger partial charge >= 0.3 is 0 Å². The molecule has 3 rings (SSSR count). The summed E-state index contributed by atoms with van der Waals surface area (Å²) in [6, 6.07) is 14.4.